The molecule has 4 heteroatoms. The van der Waals surface area contributed by atoms with Gasteiger partial charge in [0.2, 0.25) is 0 Å². The highest BCUT2D eigenvalue weighted by molar-refractivity contribution is 6.30. The lowest BCUT2D eigenvalue weighted by molar-refractivity contribution is 0.0977. The highest BCUT2D eigenvalue weighted by Gasteiger charge is 2.14. The molecule has 0 aliphatic carbocycles. The second-order valence-corrected chi connectivity index (χ2v) is 3.33. The van der Waals surface area contributed by atoms with Crippen LogP contribution in [0.3, 0.4) is 0 Å². The summed E-state index contributed by atoms with van der Waals surface area (Å²) in [4.78, 5) is 11.3. The second kappa shape index (κ2) is 4.51. The van der Waals surface area contributed by atoms with E-state index in [1.807, 2.05) is 0 Å². The van der Waals surface area contributed by atoms with E-state index < -0.39 is 17.4 Å². The average molecular weight is 219 g/mol. The fraction of sp³-hybridized carbons (Fsp3) is 0.300. The number of hydrogen-bond acceptors (Lipinski definition) is 1. The van der Waals surface area contributed by atoms with Crippen molar-refractivity contribution in [2.24, 2.45) is 0 Å². The van der Waals surface area contributed by atoms with Crippen molar-refractivity contribution in [2.75, 3.05) is 0 Å². The molecule has 0 N–H and O–H groups in total. The monoisotopic (exact) mass is 218 g/mol. The van der Waals surface area contributed by atoms with Gasteiger partial charge in [0.05, 0.1) is 10.6 Å². The molecule has 14 heavy (non-hydrogen) atoms. The number of ketones is 1. The first-order chi connectivity index (χ1) is 6.56. The molecule has 0 bridgehead atoms. The summed E-state index contributed by atoms with van der Waals surface area (Å²) >= 11 is 5.34. The molecule has 0 aromatic heterocycles. The van der Waals surface area contributed by atoms with Crippen molar-refractivity contribution in [3.63, 3.8) is 0 Å². The molecule has 1 nitrogen and oxygen atoms in total. The van der Waals surface area contributed by atoms with Crippen LogP contribution in [0.25, 0.3) is 0 Å². The van der Waals surface area contributed by atoms with Gasteiger partial charge in [0.1, 0.15) is 11.6 Å². The van der Waals surface area contributed by atoms with Crippen LogP contribution in [0.15, 0.2) is 12.1 Å². The SMILES string of the molecule is CCCC(=O)c1cc(F)c(Cl)cc1F. The smallest absolute Gasteiger partial charge is 0.165 e. The zero-order chi connectivity index (χ0) is 10.7. The molecule has 0 fully saturated rings. The molecule has 1 aromatic rings. The van der Waals surface area contributed by atoms with Crippen LogP contribution >= 0.6 is 11.6 Å². The van der Waals surface area contributed by atoms with Crippen LogP contribution in [0.2, 0.25) is 5.02 Å². The van der Waals surface area contributed by atoms with Crippen LogP contribution in [0.1, 0.15) is 30.1 Å². The van der Waals surface area contributed by atoms with Gasteiger partial charge in [-0.05, 0) is 18.6 Å². The van der Waals surface area contributed by atoms with Crippen LogP contribution in [0.4, 0.5) is 8.78 Å². The first kappa shape index (κ1) is 11.1. The summed E-state index contributed by atoms with van der Waals surface area (Å²) in [7, 11) is 0. The zero-order valence-electron chi connectivity index (χ0n) is 7.61. The number of halogens is 3. The maximum Gasteiger partial charge on any atom is 0.165 e. The summed E-state index contributed by atoms with van der Waals surface area (Å²) in [5.74, 6) is -1.94. The number of benzene rings is 1. The predicted molar refractivity (Wildman–Crippen MR) is 50.6 cm³/mol. The average Bonchev–Trinajstić information content (AvgIpc) is 2.11. The molecule has 76 valence electrons. The molecule has 0 saturated heterocycles. The first-order valence-corrected chi connectivity index (χ1v) is 4.61. The lowest BCUT2D eigenvalue weighted by atomic mass is 10.1. The van der Waals surface area contributed by atoms with Gasteiger partial charge in [0.25, 0.3) is 0 Å². The molecule has 0 heterocycles. The van der Waals surface area contributed by atoms with E-state index >= 15 is 0 Å². The predicted octanol–water partition coefficient (Wildman–Crippen LogP) is 3.60. The topological polar surface area (TPSA) is 17.1 Å². The summed E-state index contributed by atoms with van der Waals surface area (Å²) in [5, 5.41) is -0.310. The molecule has 1 rings (SSSR count). The molecule has 0 aliphatic heterocycles. The Bertz CT molecular complexity index is 363. The fourth-order valence-corrected chi connectivity index (χ4v) is 1.25. The van der Waals surface area contributed by atoms with Gasteiger partial charge in [0, 0.05) is 6.42 Å². The third-order valence-corrected chi connectivity index (χ3v) is 2.08. The fourth-order valence-electron chi connectivity index (χ4n) is 1.10. The Morgan fingerprint density at radius 2 is 2.00 bits per heavy atom. The highest BCUT2D eigenvalue weighted by atomic mass is 35.5. The van der Waals surface area contributed by atoms with E-state index in [1.54, 1.807) is 6.92 Å². The Labute approximate surface area is 85.7 Å². The van der Waals surface area contributed by atoms with Gasteiger partial charge in [-0.1, -0.05) is 18.5 Å². The van der Waals surface area contributed by atoms with Crippen molar-refractivity contribution in [1.29, 1.82) is 0 Å². The summed E-state index contributed by atoms with van der Waals surface area (Å²) < 4.78 is 26.0. The molecule has 1 aromatic carbocycles. The number of rotatable bonds is 3. The van der Waals surface area contributed by atoms with E-state index in [0.717, 1.165) is 12.1 Å². The van der Waals surface area contributed by atoms with Gasteiger partial charge in [-0.25, -0.2) is 8.78 Å². The number of hydrogen-bond donors (Lipinski definition) is 0. The Hall–Kier alpha value is -0.960. The minimum Gasteiger partial charge on any atom is -0.294 e. The Morgan fingerprint density at radius 1 is 1.36 bits per heavy atom. The highest BCUT2D eigenvalue weighted by Crippen LogP contribution is 2.20. The van der Waals surface area contributed by atoms with Gasteiger partial charge in [-0.2, -0.15) is 0 Å². The second-order valence-electron chi connectivity index (χ2n) is 2.92. The third kappa shape index (κ3) is 2.29. The molecule has 0 spiro atoms. The number of Topliss-reactive ketones (excluding diaryl/α,β-unsaturated/α-hetero) is 1. The van der Waals surface area contributed by atoms with Gasteiger partial charge < -0.3 is 0 Å². The minimum atomic E-state index is -0.771. The van der Waals surface area contributed by atoms with Crippen molar-refractivity contribution in [3.8, 4) is 0 Å². The quantitative estimate of drug-likeness (QED) is 0.560. The van der Waals surface area contributed by atoms with E-state index in [2.05, 4.69) is 0 Å². The first-order valence-electron chi connectivity index (χ1n) is 4.24. The molecular formula is C10H9ClF2O. The molecule has 0 amide bonds. The normalized spacial score (nSPS) is 10.3. The number of carbonyl (C=O) groups excluding carboxylic acids is 1. The van der Waals surface area contributed by atoms with Crippen molar-refractivity contribution in [2.45, 2.75) is 19.8 Å². The lowest BCUT2D eigenvalue weighted by Crippen LogP contribution is -2.02. The molecular weight excluding hydrogens is 210 g/mol. The molecule has 0 saturated carbocycles. The Kier molecular flexibility index (Phi) is 3.58. The van der Waals surface area contributed by atoms with Gasteiger partial charge >= 0.3 is 0 Å². The van der Waals surface area contributed by atoms with Crippen LogP contribution in [0.5, 0.6) is 0 Å². The van der Waals surface area contributed by atoms with Crippen LogP contribution in [-0.2, 0) is 0 Å². The largest absolute Gasteiger partial charge is 0.294 e. The van der Waals surface area contributed by atoms with Gasteiger partial charge in [-0.15, -0.1) is 0 Å². The van der Waals surface area contributed by atoms with E-state index in [0.29, 0.717) is 6.42 Å². The van der Waals surface area contributed by atoms with E-state index in [9.17, 15) is 13.6 Å². The van der Waals surface area contributed by atoms with Crippen LogP contribution in [-0.4, -0.2) is 5.78 Å². The van der Waals surface area contributed by atoms with Crippen molar-refractivity contribution >= 4 is 17.4 Å². The maximum absolute atomic E-state index is 13.1. The van der Waals surface area contributed by atoms with Crippen LogP contribution < -0.4 is 0 Å². The Morgan fingerprint density at radius 3 is 2.57 bits per heavy atom. The van der Waals surface area contributed by atoms with Gasteiger partial charge in [0.15, 0.2) is 5.78 Å². The van der Waals surface area contributed by atoms with Crippen molar-refractivity contribution in [3.05, 3.63) is 34.4 Å². The van der Waals surface area contributed by atoms with E-state index in [4.69, 9.17) is 11.6 Å². The van der Waals surface area contributed by atoms with E-state index in [1.165, 1.54) is 0 Å². The maximum atomic E-state index is 13.1. The summed E-state index contributed by atoms with van der Waals surface area (Å²) in [6.45, 7) is 1.79. The van der Waals surface area contributed by atoms with Gasteiger partial charge in [-0.3, -0.25) is 4.79 Å². The molecule has 0 aliphatic rings. The lowest BCUT2D eigenvalue weighted by Gasteiger charge is -2.02. The van der Waals surface area contributed by atoms with E-state index in [-0.39, 0.29) is 17.0 Å². The van der Waals surface area contributed by atoms with Crippen LogP contribution in [0, 0.1) is 11.6 Å². The zero-order valence-corrected chi connectivity index (χ0v) is 8.37. The summed E-state index contributed by atoms with van der Waals surface area (Å²) in [6.07, 6.45) is 0.806. The van der Waals surface area contributed by atoms with Crippen molar-refractivity contribution < 1.29 is 13.6 Å². The summed E-state index contributed by atoms with van der Waals surface area (Å²) in [5.41, 5.74) is -0.228. The number of carbonyl (C=O) groups is 1. The summed E-state index contributed by atoms with van der Waals surface area (Å²) in [6, 6.07) is 1.66. The third-order valence-electron chi connectivity index (χ3n) is 1.79. The minimum absolute atomic E-state index is 0.206. The molecule has 0 unspecified atom stereocenters. The van der Waals surface area contributed by atoms with Crippen molar-refractivity contribution in [1.82, 2.24) is 0 Å². The molecule has 0 radical (unpaired) electrons. The molecule has 0 atom stereocenters. The standard InChI is InChI=1S/C10H9ClF2O/c1-2-3-10(14)6-4-9(13)7(11)5-8(6)12/h4-5H,2-3H2,1H3. The Balaban J connectivity index is 3.09.